The summed E-state index contributed by atoms with van der Waals surface area (Å²) in [5, 5.41) is 7.73. The molecule has 0 spiro atoms. The number of amides is 1. The van der Waals surface area contributed by atoms with E-state index in [1.807, 2.05) is 41.2 Å². The van der Waals surface area contributed by atoms with Gasteiger partial charge in [-0.2, -0.15) is 5.10 Å². The Morgan fingerprint density at radius 1 is 1.00 bits per heavy atom. The third-order valence-corrected chi connectivity index (χ3v) is 7.20. The molecule has 0 saturated carbocycles. The van der Waals surface area contributed by atoms with Crippen LogP contribution in [0.15, 0.2) is 48.7 Å². The van der Waals surface area contributed by atoms with E-state index in [9.17, 15) is 4.79 Å². The topological polar surface area (TPSA) is 53.4 Å². The quantitative estimate of drug-likeness (QED) is 0.645. The van der Waals surface area contributed by atoms with Crippen molar-refractivity contribution >= 4 is 11.7 Å². The molecule has 1 aromatic heterocycles. The fourth-order valence-corrected chi connectivity index (χ4v) is 5.26. The molecule has 2 aliphatic rings. The highest BCUT2D eigenvalue weighted by Crippen LogP contribution is 2.40. The van der Waals surface area contributed by atoms with Gasteiger partial charge in [-0.25, -0.2) is 4.68 Å². The van der Waals surface area contributed by atoms with Gasteiger partial charge in [0, 0.05) is 50.6 Å². The van der Waals surface area contributed by atoms with Crippen LogP contribution >= 0.6 is 0 Å². The molecule has 1 atom stereocenters. The van der Waals surface area contributed by atoms with Crippen LogP contribution in [0.5, 0.6) is 0 Å². The molecule has 1 amide bonds. The van der Waals surface area contributed by atoms with Crippen molar-refractivity contribution in [1.29, 1.82) is 0 Å². The lowest BCUT2D eigenvalue weighted by Gasteiger charge is -2.34. The number of fused-ring (bicyclic) bond motifs is 1. The van der Waals surface area contributed by atoms with Gasteiger partial charge in [0.05, 0.1) is 11.9 Å². The second-order valence-corrected chi connectivity index (χ2v) is 9.35. The number of nitrogens with zero attached hydrogens (tertiary/aromatic N) is 4. The van der Waals surface area contributed by atoms with E-state index < -0.39 is 0 Å². The van der Waals surface area contributed by atoms with Gasteiger partial charge in [0.25, 0.3) is 0 Å². The Morgan fingerprint density at radius 3 is 2.45 bits per heavy atom. The summed E-state index contributed by atoms with van der Waals surface area (Å²) < 4.78 is 1.85. The minimum absolute atomic E-state index is 0.0156. The van der Waals surface area contributed by atoms with Gasteiger partial charge in [0.1, 0.15) is 5.82 Å². The molecule has 5 rings (SSSR count). The van der Waals surface area contributed by atoms with Crippen LogP contribution in [0.2, 0.25) is 0 Å². The maximum absolute atomic E-state index is 12.8. The molecular formula is C27H33N5O. The van der Waals surface area contributed by atoms with E-state index in [2.05, 4.69) is 53.1 Å². The molecule has 6 nitrogen and oxygen atoms in total. The molecule has 3 aromatic rings. The molecule has 0 bridgehead atoms. The second kappa shape index (κ2) is 9.12. The molecule has 1 saturated heterocycles. The van der Waals surface area contributed by atoms with Crippen LogP contribution in [0.1, 0.15) is 47.1 Å². The number of nitrogens with one attached hydrogen (secondary N) is 1. The van der Waals surface area contributed by atoms with E-state index >= 15 is 0 Å². The monoisotopic (exact) mass is 443 g/mol. The number of anilines is 1. The van der Waals surface area contributed by atoms with E-state index in [4.69, 9.17) is 0 Å². The van der Waals surface area contributed by atoms with Crippen LogP contribution in [0.4, 0.5) is 5.82 Å². The molecule has 3 heterocycles. The number of para-hydroxylation sites is 1. The summed E-state index contributed by atoms with van der Waals surface area (Å²) in [5.74, 6) is 0.853. The predicted octanol–water partition coefficient (Wildman–Crippen LogP) is 4.10. The molecular weight excluding hydrogens is 410 g/mol. The highest BCUT2D eigenvalue weighted by atomic mass is 16.1. The van der Waals surface area contributed by atoms with Crippen LogP contribution < -0.4 is 5.32 Å². The molecule has 1 N–H and O–H groups in total. The summed E-state index contributed by atoms with van der Waals surface area (Å²) in [5.41, 5.74) is 7.22. The Bertz CT molecular complexity index is 1140. The summed E-state index contributed by atoms with van der Waals surface area (Å²) in [6.07, 6.45) is 2.38. The van der Waals surface area contributed by atoms with Gasteiger partial charge in [-0.15, -0.1) is 0 Å². The number of rotatable bonds is 5. The maximum atomic E-state index is 12.8. The van der Waals surface area contributed by atoms with Crippen LogP contribution in [0, 0.1) is 13.8 Å². The van der Waals surface area contributed by atoms with Crippen molar-refractivity contribution in [1.82, 2.24) is 19.6 Å². The highest BCUT2D eigenvalue weighted by Gasteiger charge is 2.32. The molecule has 33 heavy (non-hydrogen) atoms. The standard InChI is InChI=1S/C27H33N5O/c1-4-30-10-12-31(13-11-30)18-21-14-19(2)15-23(20(21)3)24-16-26(33)29-27-25(24)17-28-32(27)22-8-6-5-7-9-22/h5-9,14-15,17,24H,4,10-13,16,18H2,1-3H3,(H,29,33). The molecule has 0 aliphatic carbocycles. The van der Waals surface area contributed by atoms with Crippen LogP contribution in [0.25, 0.3) is 5.69 Å². The minimum atomic E-state index is 0.0156. The van der Waals surface area contributed by atoms with Crippen molar-refractivity contribution in [3.8, 4) is 5.69 Å². The Morgan fingerprint density at radius 2 is 1.73 bits per heavy atom. The zero-order valence-electron chi connectivity index (χ0n) is 19.8. The Hall–Kier alpha value is -2.96. The van der Waals surface area contributed by atoms with Crippen molar-refractivity contribution in [2.75, 3.05) is 38.0 Å². The Labute approximate surface area is 196 Å². The van der Waals surface area contributed by atoms with Crippen LogP contribution in [-0.2, 0) is 11.3 Å². The van der Waals surface area contributed by atoms with Crippen molar-refractivity contribution in [2.45, 2.75) is 39.7 Å². The summed E-state index contributed by atoms with van der Waals surface area (Å²) in [4.78, 5) is 17.9. The van der Waals surface area contributed by atoms with Gasteiger partial charge in [-0.3, -0.25) is 9.69 Å². The number of piperazine rings is 1. The fraction of sp³-hybridized carbons (Fsp3) is 0.407. The molecule has 2 aromatic carbocycles. The number of carbonyl (C=O) groups excluding carboxylic acids is 1. The average Bonchev–Trinajstić information content (AvgIpc) is 3.25. The van der Waals surface area contributed by atoms with Gasteiger partial charge in [0.15, 0.2) is 0 Å². The van der Waals surface area contributed by atoms with Crippen molar-refractivity contribution < 1.29 is 4.79 Å². The van der Waals surface area contributed by atoms with Crippen molar-refractivity contribution in [3.05, 3.63) is 76.5 Å². The number of hydrogen-bond donors (Lipinski definition) is 1. The number of aryl methyl sites for hydroxylation is 1. The molecule has 2 aliphatic heterocycles. The summed E-state index contributed by atoms with van der Waals surface area (Å²) in [6.45, 7) is 13.2. The number of carbonyl (C=O) groups is 1. The van der Waals surface area contributed by atoms with E-state index in [1.54, 1.807) is 0 Å². The normalized spacial score (nSPS) is 19.4. The van der Waals surface area contributed by atoms with Gasteiger partial charge in [-0.1, -0.05) is 42.8 Å². The van der Waals surface area contributed by atoms with Crippen LogP contribution in [0.3, 0.4) is 0 Å². The van der Waals surface area contributed by atoms with E-state index in [-0.39, 0.29) is 11.8 Å². The number of benzene rings is 2. The summed E-state index contributed by atoms with van der Waals surface area (Å²) in [6, 6.07) is 14.6. The van der Waals surface area contributed by atoms with Crippen LogP contribution in [-0.4, -0.2) is 58.2 Å². The van der Waals surface area contributed by atoms with E-state index in [0.717, 1.165) is 56.3 Å². The second-order valence-electron chi connectivity index (χ2n) is 9.35. The van der Waals surface area contributed by atoms with Crippen molar-refractivity contribution in [3.63, 3.8) is 0 Å². The average molecular weight is 444 g/mol. The van der Waals surface area contributed by atoms with Crippen molar-refractivity contribution in [2.24, 2.45) is 0 Å². The molecule has 172 valence electrons. The first-order valence-electron chi connectivity index (χ1n) is 12.0. The predicted molar refractivity (Wildman–Crippen MR) is 132 cm³/mol. The maximum Gasteiger partial charge on any atom is 0.226 e. The molecule has 6 heteroatoms. The zero-order valence-corrected chi connectivity index (χ0v) is 19.8. The highest BCUT2D eigenvalue weighted by molar-refractivity contribution is 5.94. The van der Waals surface area contributed by atoms with E-state index in [1.165, 1.54) is 22.3 Å². The van der Waals surface area contributed by atoms with Gasteiger partial charge in [-0.05, 0) is 49.2 Å². The lowest BCUT2D eigenvalue weighted by molar-refractivity contribution is -0.116. The fourth-order valence-electron chi connectivity index (χ4n) is 5.26. The Kier molecular flexibility index (Phi) is 6.04. The SMILES string of the molecule is CCN1CCN(Cc2cc(C)cc(C3CC(=O)Nc4c3cnn4-c3ccccc3)c2C)CC1. The zero-order chi connectivity index (χ0) is 22.9. The van der Waals surface area contributed by atoms with Gasteiger partial charge in [0.2, 0.25) is 5.91 Å². The summed E-state index contributed by atoms with van der Waals surface area (Å²) >= 11 is 0. The third-order valence-electron chi connectivity index (χ3n) is 7.20. The first kappa shape index (κ1) is 21.9. The smallest absolute Gasteiger partial charge is 0.226 e. The van der Waals surface area contributed by atoms with E-state index in [0.29, 0.717) is 6.42 Å². The largest absolute Gasteiger partial charge is 0.310 e. The van der Waals surface area contributed by atoms with Gasteiger partial charge >= 0.3 is 0 Å². The third kappa shape index (κ3) is 4.33. The summed E-state index contributed by atoms with van der Waals surface area (Å²) in [7, 11) is 0. The number of hydrogen-bond acceptors (Lipinski definition) is 4. The number of aromatic nitrogens is 2. The molecule has 1 fully saturated rings. The lowest BCUT2D eigenvalue weighted by atomic mass is 9.82. The Balaban J connectivity index is 1.48. The lowest BCUT2D eigenvalue weighted by Crippen LogP contribution is -2.45. The molecule has 1 unspecified atom stereocenters. The first-order chi connectivity index (χ1) is 16.0. The molecule has 0 radical (unpaired) electrons. The van der Waals surface area contributed by atoms with Gasteiger partial charge < -0.3 is 10.2 Å². The number of likely N-dealkylation sites (N-methyl/N-ethyl adjacent to an activating group) is 1. The first-order valence-corrected chi connectivity index (χ1v) is 12.0. The minimum Gasteiger partial charge on any atom is -0.310 e.